The van der Waals surface area contributed by atoms with E-state index >= 15 is 4.39 Å². The monoisotopic (exact) mass is 533 g/mol. The zero-order valence-electron chi connectivity index (χ0n) is 20.1. The van der Waals surface area contributed by atoms with Gasteiger partial charge >= 0.3 is 12.1 Å². The molecule has 4 rings (SSSR count). The maximum Gasteiger partial charge on any atom is 0.416 e. The largest absolute Gasteiger partial charge is 0.478 e. The van der Waals surface area contributed by atoms with Gasteiger partial charge in [-0.2, -0.15) is 13.2 Å². The predicted molar refractivity (Wildman–Crippen MR) is 131 cm³/mol. The molecule has 0 saturated carbocycles. The molecule has 0 saturated heterocycles. The maximum atomic E-state index is 15.7. The predicted octanol–water partition coefficient (Wildman–Crippen LogP) is 6.62. The van der Waals surface area contributed by atoms with Crippen LogP contribution >= 0.6 is 0 Å². The fourth-order valence-electron chi connectivity index (χ4n) is 4.07. The second kappa shape index (κ2) is 9.02. The van der Waals surface area contributed by atoms with E-state index in [-0.39, 0.29) is 28.1 Å². The van der Waals surface area contributed by atoms with Gasteiger partial charge in [0, 0.05) is 11.8 Å². The average Bonchev–Trinajstić information content (AvgIpc) is 3.10. The van der Waals surface area contributed by atoms with Crippen LogP contribution in [0.5, 0.6) is 0 Å². The van der Waals surface area contributed by atoms with Crippen LogP contribution in [0.2, 0.25) is 0 Å². The zero-order valence-corrected chi connectivity index (χ0v) is 20.9. The van der Waals surface area contributed by atoms with Gasteiger partial charge in [0.1, 0.15) is 0 Å². The summed E-state index contributed by atoms with van der Waals surface area (Å²) in [6.07, 6.45) is -5.06. The van der Waals surface area contributed by atoms with E-state index in [1.54, 1.807) is 12.1 Å². The first kappa shape index (κ1) is 26.4. The Hall–Kier alpha value is -3.66. The van der Waals surface area contributed by atoms with Gasteiger partial charge in [0.2, 0.25) is 0 Å². The fraction of sp³-hybridized carbons (Fsp3) is 0.222. The van der Waals surface area contributed by atoms with Gasteiger partial charge in [-0.3, -0.25) is 0 Å². The van der Waals surface area contributed by atoms with Crippen molar-refractivity contribution >= 4 is 26.9 Å². The zero-order chi connectivity index (χ0) is 27.3. The van der Waals surface area contributed by atoms with Crippen LogP contribution in [0.25, 0.3) is 10.9 Å². The van der Waals surface area contributed by atoms with E-state index in [4.69, 9.17) is 5.11 Å². The first-order valence-corrected chi connectivity index (χ1v) is 12.6. The fourth-order valence-corrected chi connectivity index (χ4v) is 5.66. The highest BCUT2D eigenvalue weighted by molar-refractivity contribution is 7.90. The molecule has 0 aliphatic carbocycles. The van der Waals surface area contributed by atoms with Crippen LogP contribution in [0.1, 0.15) is 53.5 Å². The Morgan fingerprint density at radius 2 is 1.57 bits per heavy atom. The summed E-state index contributed by atoms with van der Waals surface area (Å²) in [4.78, 5) is 11.0. The van der Waals surface area contributed by atoms with Crippen LogP contribution in [0.3, 0.4) is 0 Å². The van der Waals surface area contributed by atoms with Crippen LogP contribution in [-0.4, -0.2) is 23.5 Å². The molecular weight excluding hydrogens is 510 g/mol. The van der Waals surface area contributed by atoms with E-state index in [1.165, 1.54) is 36.4 Å². The number of aromatic carboxylic acids is 1. The molecule has 0 bridgehead atoms. The normalized spacial score (nSPS) is 12.7. The lowest BCUT2D eigenvalue weighted by molar-refractivity contribution is -0.137. The number of carboxylic acid groups (broad SMARTS) is 1. The Kier molecular flexibility index (Phi) is 6.44. The molecule has 0 fully saturated rings. The molecule has 1 N–H and O–H groups in total. The summed E-state index contributed by atoms with van der Waals surface area (Å²) in [6, 6.07) is 13.8. The van der Waals surface area contributed by atoms with Crippen LogP contribution in [0.4, 0.5) is 17.6 Å². The van der Waals surface area contributed by atoms with Crippen LogP contribution in [0.15, 0.2) is 71.6 Å². The molecule has 3 aromatic carbocycles. The molecule has 1 heterocycles. The van der Waals surface area contributed by atoms with Crippen molar-refractivity contribution in [1.29, 1.82) is 0 Å². The third-order valence-corrected chi connectivity index (χ3v) is 7.84. The highest BCUT2D eigenvalue weighted by atomic mass is 32.2. The molecule has 0 radical (unpaired) electrons. The Morgan fingerprint density at radius 3 is 2.14 bits per heavy atom. The Labute approximate surface area is 211 Å². The third-order valence-electron chi connectivity index (χ3n) is 6.09. The van der Waals surface area contributed by atoms with Crippen molar-refractivity contribution in [3.05, 3.63) is 100 Å². The summed E-state index contributed by atoms with van der Waals surface area (Å²) >= 11 is 0. The number of hydrogen-bond donors (Lipinski definition) is 1. The van der Waals surface area contributed by atoms with Gasteiger partial charge in [0.05, 0.1) is 27.2 Å². The van der Waals surface area contributed by atoms with E-state index in [0.717, 1.165) is 10.0 Å². The molecule has 0 aliphatic heterocycles. The molecule has 1 aromatic heterocycles. The number of hydrogen-bond acceptors (Lipinski definition) is 3. The number of carboxylic acids is 1. The second-order valence-corrected chi connectivity index (χ2v) is 11.5. The molecule has 37 heavy (non-hydrogen) atoms. The number of aromatic nitrogens is 1. The SMILES string of the molecule is CC(C)(C)c1cccc(S(=O)(=O)n2c(Cc3ccc(C(=O)O)cc3)c(F)c3cc(C(F)(F)F)ccc32)c1. The number of rotatable bonds is 5. The molecule has 0 amide bonds. The van der Waals surface area contributed by atoms with Crippen molar-refractivity contribution in [2.75, 3.05) is 0 Å². The summed E-state index contributed by atoms with van der Waals surface area (Å²) in [5, 5.41) is 8.63. The first-order valence-electron chi connectivity index (χ1n) is 11.2. The summed E-state index contributed by atoms with van der Waals surface area (Å²) in [5.41, 5.74) is -1.04. The van der Waals surface area contributed by atoms with Gasteiger partial charge in [0.25, 0.3) is 10.0 Å². The topological polar surface area (TPSA) is 76.4 Å². The van der Waals surface area contributed by atoms with E-state index in [1.807, 2.05) is 20.8 Å². The van der Waals surface area contributed by atoms with E-state index in [9.17, 15) is 26.4 Å². The van der Waals surface area contributed by atoms with Gasteiger partial charge in [0.15, 0.2) is 5.82 Å². The number of fused-ring (bicyclic) bond motifs is 1. The molecule has 5 nitrogen and oxygen atoms in total. The molecule has 0 unspecified atom stereocenters. The van der Waals surface area contributed by atoms with Crippen LogP contribution in [0, 0.1) is 5.82 Å². The highest BCUT2D eigenvalue weighted by Crippen LogP contribution is 2.36. The van der Waals surface area contributed by atoms with Crippen molar-refractivity contribution in [2.24, 2.45) is 0 Å². The molecule has 4 aromatic rings. The van der Waals surface area contributed by atoms with Gasteiger partial charge in [-0.1, -0.05) is 45.0 Å². The van der Waals surface area contributed by atoms with E-state index in [0.29, 0.717) is 23.3 Å². The van der Waals surface area contributed by atoms with Gasteiger partial charge in [-0.25, -0.2) is 21.6 Å². The lowest BCUT2D eigenvalue weighted by atomic mass is 9.87. The minimum absolute atomic E-state index is 0.0220. The van der Waals surface area contributed by atoms with Crippen LogP contribution < -0.4 is 0 Å². The summed E-state index contributed by atoms with van der Waals surface area (Å²) in [6.45, 7) is 5.69. The quantitative estimate of drug-likeness (QED) is 0.293. The highest BCUT2D eigenvalue weighted by Gasteiger charge is 2.34. The van der Waals surface area contributed by atoms with Crippen molar-refractivity contribution in [1.82, 2.24) is 3.97 Å². The van der Waals surface area contributed by atoms with E-state index in [2.05, 4.69) is 0 Å². The standard InChI is InChI=1S/C27H23F4NO4S/c1-26(2,3)18-5-4-6-20(14-18)37(35,36)32-22-12-11-19(27(29,30)31)15-21(22)24(28)23(32)13-16-7-9-17(10-8-16)25(33)34/h4-12,14-15H,13H2,1-3H3,(H,33,34). The average molecular weight is 534 g/mol. The summed E-state index contributed by atoms with van der Waals surface area (Å²) in [5.74, 6) is -2.27. The summed E-state index contributed by atoms with van der Waals surface area (Å²) < 4.78 is 84.3. The first-order chi connectivity index (χ1) is 17.1. The Bertz CT molecular complexity index is 1610. The van der Waals surface area contributed by atoms with E-state index < -0.39 is 44.4 Å². The Morgan fingerprint density at radius 1 is 0.919 bits per heavy atom. The lowest BCUT2D eigenvalue weighted by Gasteiger charge is -2.20. The van der Waals surface area contributed by atoms with Gasteiger partial charge in [-0.15, -0.1) is 0 Å². The van der Waals surface area contributed by atoms with Gasteiger partial charge < -0.3 is 5.11 Å². The van der Waals surface area contributed by atoms with Crippen molar-refractivity contribution in [3.63, 3.8) is 0 Å². The molecule has 0 atom stereocenters. The number of nitrogens with zero attached hydrogens (tertiary/aromatic N) is 1. The minimum Gasteiger partial charge on any atom is -0.478 e. The molecule has 0 spiro atoms. The van der Waals surface area contributed by atoms with Crippen LogP contribution in [-0.2, 0) is 28.0 Å². The molecular formula is C27H23F4NO4S. The smallest absolute Gasteiger partial charge is 0.416 e. The lowest BCUT2D eigenvalue weighted by Crippen LogP contribution is -2.18. The van der Waals surface area contributed by atoms with Crippen molar-refractivity contribution in [2.45, 2.75) is 43.7 Å². The molecule has 0 aliphatic rings. The minimum atomic E-state index is -4.75. The summed E-state index contributed by atoms with van der Waals surface area (Å²) in [7, 11) is -4.45. The molecule has 194 valence electrons. The maximum absolute atomic E-state index is 15.7. The number of alkyl halides is 3. The number of benzene rings is 3. The third kappa shape index (κ3) is 4.98. The second-order valence-electron chi connectivity index (χ2n) is 9.72. The van der Waals surface area contributed by atoms with Crippen molar-refractivity contribution in [3.8, 4) is 0 Å². The van der Waals surface area contributed by atoms with Gasteiger partial charge in [-0.05, 0) is 59.0 Å². The number of halogens is 4. The van der Waals surface area contributed by atoms with Crippen molar-refractivity contribution < 1.29 is 35.9 Å². The Balaban J connectivity index is 1.97. The number of carbonyl (C=O) groups is 1. The molecule has 10 heteroatoms.